The predicted molar refractivity (Wildman–Crippen MR) is 75.9 cm³/mol. The Morgan fingerprint density at radius 3 is 2.45 bits per heavy atom. The van der Waals surface area contributed by atoms with Gasteiger partial charge in [-0.25, -0.2) is 9.97 Å². The van der Waals surface area contributed by atoms with Crippen LogP contribution in [-0.4, -0.2) is 38.8 Å². The highest BCUT2D eigenvalue weighted by molar-refractivity contribution is 7.99. The van der Waals surface area contributed by atoms with Crippen molar-refractivity contribution in [1.82, 2.24) is 24.7 Å². The lowest BCUT2D eigenvalue weighted by atomic mass is 10.4. The number of alkyl halides is 3. The molecule has 22 heavy (non-hydrogen) atoms. The predicted octanol–water partition coefficient (Wildman–Crippen LogP) is 2.63. The normalized spacial score (nSPS) is 11.8. The molecule has 0 saturated carbocycles. The van der Waals surface area contributed by atoms with E-state index in [-0.39, 0.29) is 11.0 Å². The zero-order chi connectivity index (χ0) is 16.5. The van der Waals surface area contributed by atoms with Crippen molar-refractivity contribution in [3.8, 4) is 0 Å². The first-order chi connectivity index (χ1) is 10.2. The molecule has 2 aromatic rings. The molecule has 0 atom stereocenters. The molecule has 2 rings (SSSR count). The zero-order valence-electron chi connectivity index (χ0n) is 12.5. The molecule has 0 aliphatic heterocycles. The fourth-order valence-electron chi connectivity index (χ4n) is 1.72. The number of aromatic nitrogens is 5. The molecule has 0 saturated heterocycles. The number of hydrogen-bond donors (Lipinski definition) is 0. The van der Waals surface area contributed by atoms with Gasteiger partial charge in [-0.15, -0.1) is 10.2 Å². The number of halogens is 3. The molecule has 2 heterocycles. The van der Waals surface area contributed by atoms with Crippen LogP contribution >= 0.6 is 11.8 Å². The van der Waals surface area contributed by atoms with Crippen LogP contribution in [0, 0.1) is 6.92 Å². The SMILES string of the molecule is CCn1c(C)nnc1Sc1nc(N(C)C)cc(C(F)(F)F)n1. The van der Waals surface area contributed by atoms with E-state index in [1.165, 1.54) is 4.90 Å². The molecule has 0 unspecified atom stereocenters. The Morgan fingerprint density at radius 2 is 1.91 bits per heavy atom. The molecule has 0 amide bonds. The first-order valence-electron chi connectivity index (χ1n) is 6.43. The summed E-state index contributed by atoms with van der Waals surface area (Å²) < 4.78 is 40.6. The molecule has 0 aliphatic rings. The number of hydrogen-bond acceptors (Lipinski definition) is 6. The Hall–Kier alpha value is -1.84. The first kappa shape index (κ1) is 16.5. The van der Waals surface area contributed by atoms with Gasteiger partial charge in [0.25, 0.3) is 0 Å². The van der Waals surface area contributed by atoms with Crippen molar-refractivity contribution in [1.29, 1.82) is 0 Å². The first-order valence-corrected chi connectivity index (χ1v) is 7.25. The molecule has 120 valence electrons. The van der Waals surface area contributed by atoms with Gasteiger partial charge in [0.05, 0.1) is 0 Å². The Balaban J connectivity index is 2.44. The van der Waals surface area contributed by atoms with Gasteiger partial charge in [-0.3, -0.25) is 0 Å². The van der Waals surface area contributed by atoms with Crippen LogP contribution in [0.5, 0.6) is 0 Å². The summed E-state index contributed by atoms with van der Waals surface area (Å²) in [5, 5.41) is 8.31. The molecule has 0 radical (unpaired) electrons. The third kappa shape index (κ3) is 3.49. The Bertz CT molecular complexity index is 667. The summed E-state index contributed by atoms with van der Waals surface area (Å²) in [5.41, 5.74) is -0.979. The fraction of sp³-hybridized carbons (Fsp3) is 0.500. The van der Waals surface area contributed by atoms with Crippen LogP contribution in [0.25, 0.3) is 0 Å². The third-order valence-corrected chi connectivity index (χ3v) is 3.69. The van der Waals surface area contributed by atoms with E-state index >= 15 is 0 Å². The van der Waals surface area contributed by atoms with Crippen molar-refractivity contribution in [2.24, 2.45) is 0 Å². The monoisotopic (exact) mass is 332 g/mol. The summed E-state index contributed by atoms with van der Waals surface area (Å²) in [6.07, 6.45) is -4.53. The van der Waals surface area contributed by atoms with Crippen LogP contribution < -0.4 is 4.90 Å². The topological polar surface area (TPSA) is 59.7 Å². The highest BCUT2D eigenvalue weighted by atomic mass is 32.2. The lowest BCUT2D eigenvalue weighted by Gasteiger charge is -2.15. The Kier molecular flexibility index (Phi) is 4.59. The van der Waals surface area contributed by atoms with E-state index in [0.29, 0.717) is 17.5 Å². The summed E-state index contributed by atoms with van der Waals surface area (Å²) in [7, 11) is 3.24. The van der Waals surface area contributed by atoms with E-state index in [1.807, 2.05) is 6.92 Å². The second-order valence-electron chi connectivity index (χ2n) is 4.66. The molecule has 2 aromatic heterocycles. The van der Waals surface area contributed by atoms with Crippen LogP contribution in [0.4, 0.5) is 19.0 Å². The van der Waals surface area contributed by atoms with Crippen molar-refractivity contribution in [2.45, 2.75) is 36.9 Å². The third-order valence-electron chi connectivity index (χ3n) is 2.84. The second-order valence-corrected chi connectivity index (χ2v) is 5.60. The quantitative estimate of drug-likeness (QED) is 0.802. The van der Waals surface area contributed by atoms with Crippen molar-refractivity contribution in [2.75, 3.05) is 19.0 Å². The van der Waals surface area contributed by atoms with E-state index in [1.54, 1.807) is 25.6 Å². The van der Waals surface area contributed by atoms with Gasteiger partial charge in [0, 0.05) is 26.7 Å². The van der Waals surface area contributed by atoms with Crippen molar-refractivity contribution in [3.05, 3.63) is 17.6 Å². The average Bonchev–Trinajstić information content (AvgIpc) is 2.77. The molecule has 10 heteroatoms. The minimum atomic E-state index is -4.53. The standard InChI is InChI=1S/C12H15F3N6S/c1-5-21-7(2)18-19-11(21)22-10-16-8(12(13,14)15)6-9(17-10)20(3)4/h6H,5H2,1-4H3. The fourth-order valence-corrected chi connectivity index (χ4v) is 2.62. The zero-order valence-corrected chi connectivity index (χ0v) is 13.3. The molecule has 0 aliphatic carbocycles. The smallest absolute Gasteiger partial charge is 0.363 e. The van der Waals surface area contributed by atoms with E-state index in [4.69, 9.17) is 0 Å². The number of nitrogens with zero attached hydrogens (tertiary/aromatic N) is 6. The van der Waals surface area contributed by atoms with Crippen LogP contribution in [0.15, 0.2) is 16.4 Å². The van der Waals surface area contributed by atoms with Crippen LogP contribution in [0.1, 0.15) is 18.4 Å². The van der Waals surface area contributed by atoms with Gasteiger partial charge in [0.2, 0.25) is 0 Å². The van der Waals surface area contributed by atoms with Crippen molar-refractivity contribution >= 4 is 17.6 Å². The molecule has 0 spiro atoms. The summed E-state index contributed by atoms with van der Waals surface area (Å²) >= 11 is 0.962. The summed E-state index contributed by atoms with van der Waals surface area (Å²) in [6, 6.07) is 0.917. The molecule has 0 fully saturated rings. The summed E-state index contributed by atoms with van der Waals surface area (Å²) in [5.74, 6) is 0.869. The van der Waals surface area contributed by atoms with Gasteiger partial charge in [-0.1, -0.05) is 0 Å². The lowest BCUT2D eigenvalue weighted by molar-refractivity contribution is -0.141. The van der Waals surface area contributed by atoms with Crippen LogP contribution in [-0.2, 0) is 12.7 Å². The van der Waals surface area contributed by atoms with Gasteiger partial charge < -0.3 is 9.47 Å². The van der Waals surface area contributed by atoms with Gasteiger partial charge in [0.15, 0.2) is 16.0 Å². The van der Waals surface area contributed by atoms with Gasteiger partial charge in [0.1, 0.15) is 11.6 Å². The molecule has 0 N–H and O–H groups in total. The second kappa shape index (κ2) is 6.11. The Morgan fingerprint density at radius 1 is 1.23 bits per heavy atom. The summed E-state index contributed by atoms with van der Waals surface area (Å²) in [4.78, 5) is 9.21. The minimum Gasteiger partial charge on any atom is -0.363 e. The maximum absolute atomic E-state index is 12.9. The average molecular weight is 332 g/mol. The number of aryl methyl sites for hydroxylation is 1. The molecule has 6 nitrogen and oxygen atoms in total. The van der Waals surface area contributed by atoms with E-state index in [9.17, 15) is 13.2 Å². The van der Waals surface area contributed by atoms with E-state index in [2.05, 4.69) is 20.2 Å². The maximum atomic E-state index is 12.9. The van der Waals surface area contributed by atoms with Crippen LogP contribution in [0.2, 0.25) is 0 Å². The molecule has 0 bridgehead atoms. The van der Waals surface area contributed by atoms with Crippen LogP contribution in [0.3, 0.4) is 0 Å². The Labute approximate surface area is 129 Å². The van der Waals surface area contributed by atoms with Crippen molar-refractivity contribution in [3.63, 3.8) is 0 Å². The van der Waals surface area contributed by atoms with Gasteiger partial charge >= 0.3 is 6.18 Å². The van der Waals surface area contributed by atoms with E-state index < -0.39 is 11.9 Å². The van der Waals surface area contributed by atoms with E-state index in [0.717, 1.165) is 17.8 Å². The van der Waals surface area contributed by atoms with Gasteiger partial charge in [-0.2, -0.15) is 13.2 Å². The lowest BCUT2D eigenvalue weighted by Crippen LogP contribution is -2.16. The largest absolute Gasteiger partial charge is 0.433 e. The number of rotatable bonds is 4. The maximum Gasteiger partial charge on any atom is 0.433 e. The molecule has 0 aromatic carbocycles. The van der Waals surface area contributed by atoms with Gasteiger partial charge in [-0.05, 0) is 25.6 Å². The highest BCUT2D eigenvalue weighted by Crippen LogP contribution is 2.32. The molecular formula is C12H15F3N6S. The minimum absolute atomic E-state index is 0.0133. The highest BCUT2D eigenvalue weighted by Gasteiger charge is 2.34. The van der Waals surface area contributed by atoms with Crippen molar-refractivity contribution < 1.29 is 13.2 Å². The molecular weight excluding hydrogens is 317 g/mol. The number of anilines is 1. The summed E-state index contributed by atoms with van der Waals surface area (Å²) in [6.45, 7) is 4.29.